The molecule has 3 N–H and O–H groups in total. The number of nitrogens with one attached hydrogen (secondary N) is 1. The van der Waals surface area contributed by atoms with Gasteiger partial charge in [0.1, 0.15) is 5.69 Å². The number of halogens is 2. The number of nitrogens with two attached hydrogens (primary N) is 1. The van der Waals surface area contributed by atoms with Crippen molar-refractivity contribution in [2.75, 3.05) is 11.9 Å². The van der Waals surface area contributed by atoms with E-state index in [0.717, 1.165) is 4.47 Å². The van der Waals surface area contributed by atoms with Crippen LogP contribution in [0.25, 0.3) is 10.9 Å². The summed E-state index contributed by atoms with van der Waals surface area (Å²) in [6, 6.07) is 5.30. The van der Waals surface area contributed by atoms with Gasteiger partial charge >= 0.3 is 5.69 Å². The number of anilines is 1. The Morgan fingerprint density at radius 2 is 2.19 bits per heavy atom. The molecule has 0 radical (unpaired) electrons. The molecule has 1 heterocycles. The fourth-order valence-electron chi connectivity index (χ4n) is 1.86. The molecule has 2 aromatic rings. The molecule has 112 valence electrons. The third-order valence-electron chi connectivity index (χ3n) is 2.78. The highest BCUT2D eigenvalue weighted by molar-refractivity contribution is 9.10. The lowest BCUT2D eigenvalue weighted by Crippen LogP contribution is -2.39. The maximum Gasteiger partial charge on any atom is 0.329 e. The fourth-order valence-corrected chi connectivity index (χ4v) is 2.46. The van der Waals surface area contributed by atoms with E-state index >= 15 is 0 Å². The van der Waals surface area contributed by atoms with Gasteiger partial charge in [-0.3, -0.25) is 10.1 Å². The third-order valence-corrected chi connectivity index (χ3v) is 3.54. The van der Waals surface area contributed by atoms with Gasteiger partial charge in [0.05, 0.1) is 10.4 Å². The predicted molar refractivity (Wildman–Crippen MR) is 87.9 cm³/mol. The minimum atomic E-state index is -0.539. The first kappa shape index (κ1) is 15.9. The quantitative estimate of drug-likeness (QED) is 0.484. The lowest BCUT2D eigenvalue weighted by molar-refractivity contribution is -0.384. The van der Waals surface area contributed by atoms with Crippen LogP contribution in [0, 0.1) is 10.1 Å². The summed E-state index contributed by atoms with van der Waals surface area (Å²) in [7, 11) is 0. The van der Waals surface area contributed by atoms with Crippen LogP contribution in [0.15, 0.2) is 22.7 Å². The maximum atomic E-state index is 11.3. The van der Waals surface area contributed by atoms with Crippen LogP contribution < -0.4 is 11.1 Å². The van der Waals surface area contributed by atoms with E-state index in [-0.39, 0.29) is 10.8 Å². The molecule has 1 aromatic carbocycles. The van der Waals surface area contributed by atoms with Crippen molar-refractivity contribution >= 4 is 49.8 Å². The van der Waals surface area contributed by atoms with Gasteiger partial charge in [0.2, 0.25) is 5.15 Å². The normalized spacial score (nSPS) is 11.7. The van der Waals surface area contributed by atoms with E-state index in [1.54, 1.807) is 18.2 Å². The number of hydrogen-bond donors (Lipinski definition) is 2. The molecule has 0 fully saturated rings. The van der Waals surface area contributed by atoms with Crippen molar-refractivity contribution in [1.29, 1.82) is 0 Å². The molecular weight excluding hydrogens is 360 g/mol. The zero-order valence-electron chi connectivity index (χ0n) is 11.5. The second-order valence-electron chi connectivity index (χ2n) is 5.39. The van der Waals surface area contributed by atoms with Crippen LogP contribution in [0.4, 0.5) is 11.4 Å². The number of pyridine rings is 1. The van der Waals surface area contributed by atoms with Crippen molar-refractivity contribution in [1.82, 2.24) is 4.98 Å². The molecule has 21 heavy (non-hydrogen) atoms. The van der Waals surface area contributed by atoms with Gasteiger partial charge in [-0.2, -0.15) is 0 Å². The van der Waals surface area contributed by atoms with Crippen LogP contribution in [-0.2, 0) is 0 Å². The number of nitro groups is 1. The van der Waals surface area contributed by atoms with Crippen LogP contribution in [0.2, 0.25) is 5.15 Å². The van der Waals surface area contributed by atoms with Crippen molar-refractivity contribution in [3.63, 3.8) is 0 Å². The first-order chi connectivity index (χ1) is 9.69. The van der Waals surface area contributed by atoms with Crippen LogP contribution in [0.1, 0.15) is 13.8 Å². The van der Waals surface area contributed by atoms with E-state index in [2.05, 4.69) is 26.2 Å². The van der Waals surface area contributed by atoms with Gasteiger partial charge in [0.15, 0.2) is 0 Å². The molecule has 0 aliphatic heterocycles. The Morgan fingerprint density at radius 3 is 2.76 bits per heavy atom. The number of nitrogens with zero attached hydrogens (tertiary/aromatic N) is 2. The molecule has 0 aliphatic carbocycles. The lowest BCUT2D eigenvalue weighted by Gasteiger charge is -2.20. The fraction of sp³-hybridized carbons (Fsp3) is 0.308. The summed E-state index contributed by atoms with van der Waals surface area (Å²) in [4.78, 5) is 14.8. The summed E-state index contributed by atoms with van der Waals surface area (Å²) in [6.07, 6.45) is 0. The smallest absolute Gasteiger partial charge is 0.329 e. The second kappa shape index (κ2) is 5.75. The third kappa shape index (κ3) is 3.61. The Kier molecular flexibility index (Phi) is 4.36. The summed E-state index contributed by atoms with van der Waals surface area (Å²) in [5.74, 6) is 0. The van der Waals surface area contributed by atoms with Gasteiger partial charge < -0.3 is 11.1 Å². The molecule has 0 unspecified atom stereocenters. The van der Waals surface area contributed by atoms with Crippen LogP contribution in [-0.4, -0.2) is 22.0 Å². The topological polar surface area (TPSA) is 94.1 Å². The zero-order chi connectivity index (χ0) is 15.8. The Hall–Kier alpha value is -1.44. The van der Waals surface area contributed by atoms with Crippen molar-refractivity contribution in [2.24, 2.45) is 5.73 Å². The standard InChI is InChI=1S/C13H14BrClN4O2/c1-13(2,16)6-17-10-8-4-3-7(14)5-9(8)18-12(15)11(10)19(20)21/h3-5H,6,16H2,1-2H3,(H,17,18). The minimum absolute atomic E-state index is 0.150. The monoisotopic (exact) mass is 372 g/mol. The summed E-state index contributed by atoms with van der Waals surface area (Å²) in [5.41, 5.74) is 6.07. The van der Waals surface area contributed by atoms with Crippen LogP contribution >= 0.6 is 27.5 Å². The molecule has 0 amide bonds. The first-order valence-corrected chi connectivity index (χ1v) is 7.32. The molecular formula is C13H14BrClN4O2. The molecule has 0 saturated carbocycles. The summed E-state index contributed by atoms with van der Waals surface area (Å²) in [5, 5.41) is 14.8. The Bertz CT molecular complexity index is 715. The highest BCUT2D eigenvalue weighted by Gasteiger charge is 2.25. The molecule has 0 aliphatic rings. The van der Waals surface area contributed by atoms with Crippen molar-refractivity contribution in [3.05, 3.63) is 37.9 Å². The van der Waals surface area contributed by atoms with Crippen molar-refractivity contribution < 1.29 is 4.92 Å². The summed E-state index contributed by atoms with van der Waals surface area (Å²) >= 11 is 9.31. The SMILES string of the molecule is CC(C)(N)CNc1c([N+](=O)[O-])c(Cl)nc2cc(Br)ccc12. The number of hydrogen-bond acceptors (Lipinski definition) is 5. The average molecular weight is 374 g/mol. The maximum absolute atomic E-state index is 11.3. The molecule has 0 saturated heterocycles. The van der Waals surface area contributed by atoms with Crippen LogP contribution in [0.5, 0.6) is 0 Å². The Labute approximate surface area is 135 Å². The molecule has 8 heteroatoms. The Morgan fingerprint density at radius 1 is 1.52 bits per heavy atom. The first-order valence-electron chi connectivity index (χ1n) is 6.15. The van der Waals surface area contributed by atoms with Crippen molar-refractivity contribution in [2.45, 2.75) is 19.4 Å². The predicted octanol–water partition coefficient (Wildman–Crippen LogP) is 3.71. The number of aromatic nitrogens is 1. The number of rotatable bonds is 4. The average Bonchev–Trinajstić information content (AvgIpc) is 2.33. The van der Waals surface area contributed by atoms with Gasteiger partial charge in [0, 0.05) is 21.9 Å². The largest absolute Gasteiger partial charge is 0.377 e. The van der Waals surface area contributed by atoms with Crippen LogP contribution in [0.3, 0.4) is 0 Å². The highest BCUT2D eigenvalue weighted by Crippen LogP contribution is 2.38. The molecule has 1 aromatic heterocycles. The highest BCUT2D eigenvalue weighted by atomic mass is 79.9. The van der Waals surface area contributed by atoms with Gasteiger partial charge in [-0.1, -0.05) is 27.5 Å². The molecule has 6 nitrogen and oxygen atoms in total. The van der Waals surface area contributed by atoms with Gasteiger partial charge in [-0.25, -0.2) is 4.98 Å². The van der Waals surface area contributed by atoms with Gasteiger partial charge in [0.25, 0.3) is 0 Å². The number of benzene rings is 1. The minimum Gasteiger partial charge on any atom is -0.377 e. The van der Waals surface area contributed by atoms with E-state index in [1.807, 2.05) is 13.8 Å². The van der Waals surface area contributed by atoms with Crippen molar-refractivity contribution in [3.8, 4) is 0 Å². The van der Waals surface area contributed by atoms with Gasteiger partial charge in [-0.15, -0.1) is 0 Å². The number of fused-ring (bicyclic) bond motifs is 1. The van der Waals surface area contributed by atoms with E-state index in [4.69, 9.17) is 17.3 Å². The molecule has 2 rings (SSSR count). The van der Waals surface area contributed by atoms with E-state index < -0.39 is 10.5 Å². The second-order valence-corrected chi connectivity index (χ2v) is 6.66. The zero-order valence-corrected chi connectivity index (χ0v) is 13.8. The van der Waals surface area contributed by atoms with E-state index in [9.17, 15) is 10.1 Å². The lowest BCUT2D eigenvalue weighted by atomic mass is 10.1. The summed E-state index contributed by atoms with van der Waals surface area (Å²) in [6.45, 7) is 4.01. The van der Waals surface area contributed by atoms with E-state index in [0.29, 0.717) is 23.1 Å². The Balaban J connectivity index is 2.66. The van der Waals surface area contributed by atoms with E-state index in [1.165, 1.54) is 0 Å². The molecule has 0 bridgehead atoms. The molecule has 0 spiro atoms. The summed E-state index contributed by atoms with van der Waals surface area (Å²) < 4.78 is 0.817. The van der Waals surface area contributed by atoms with Gasteiger partial charge in [-0.05, 0) is 32.0 Å². The molecule has 0 atom stereocenters.